The molecule has 1 aromatic heterocycles. The molecule has 2 rings (SSSR count). The van der Waals surface area contributed by atoms with E-state index >= 15 is 0 Å². The van der Waals surface area contributed by atoms with Gasteiger partial charge in [0.2, 0.25) is 0 Å². The maximum Gasteiger partial charge on any atom is 0.269 e. The monoisotopic (exact) mass is 221 g/mol. The summed E-state index contributed by atoms with van der Waals surface area (Å²) in [7, 11) is 0. The van der Waals surface area contributed by atoms with Gasteiger partial charge in [-0.1, -0.05) is 23.2 Å². The lowest BCUT2D eigenvalue weighted by Crippen LogP contribution is -2.19. The van der Waals surface area contributed by atoms with Gasteiger partial charge in [0.15, 0.2) is 0 Å². The number of pyridine rings is 1. The van der Waals surface area contributed by atoms with E-state index in [2.05, 4.69) is 0 Å². The summed E-state index contributed by atoms with van der Waals surface area (Å²) in [6.45, 7) is 4.60. The first-order valence-electron chi connectivity index (χ1n) is 4.93. The van der Waals surface area contributed by atoms with Crippen LogP contribution in [0.1, 0.15) is 12.5 Å². The molecule has 15 heavy (non-hydrogen) atoms. The quantitative estimate of drug-likeness (QED) is 0.726. The molecule has 0 spiro atoms. The molecule has 0 fully saturated rings. The summed E-state index contributed by atoms with van der Waals surface area (Å²) in [6.07, 6.45) is 0. The van der Waals surface area contributed by atoms with E-state index in [0.29, 0.717) is 6.54 Å². The lowest BCUT2D eigenvalue weighted by molar-refractivity contribution is 0.760. The van der Waals surface area contributed by atoms with Crippen molar-refractivity contribution in [2.45, 2.75) is 20.4 Å². The van der Waals surface area contributed by atoms with Crippen LogP contribution in [0.2, 0.25) is 5.02 Å². The Labute approximate surface area is 93.1 Å². The van der Waals surface area contributed by atoms with Crippen molar-refractivity contribution >= 4 is 22.5 Å². The summed E-state index contributed by atoms with van der Waals surface area (Å²) >= 11 is 5.89. The largest absolute Gasteiger partial charge is 0.307 e. The number of nitrogens with zero attached hydrogens (tertiary/aromatic N) is 1. The van der Waals surface area contributed by atoms with Crippen LogP contribution in [0.3, 0.4) is 0 Å². The fourth-order valence-electron chi connectivity index (χ4n) is 1.79. The second-order valence-corrected chi connectivity index (χ2v) is 4.01. The molecule has 0 aliphatic heterocycles. The standard InChI is InChI=1S/C12H12ClNO/c1-3-14-11-5-4-8(2)6-9(11)7-10(13)12(14)15/h4-7H,3H2,1-2H3. The van der Waals surface area contributed by atoms with Gasteiger partial charge in [0.1, 0.15) is 5.02 Å². The molecule has 2 nitrogen and oxygen atoms in total. The Hall–Kier alpha value is -1.28. The first kappa shape index (κ1) is 10.2. The van der Waals surface area contributed by atoms with Gasteiger partial charge in [-0.25, -0.2) is 0 Å². The van der Waals surface area contributed by atoms with E-state index in [1.54, 1.807) is 10.6 Å². The van der Waals surface area contributed by atoms with Gasteiger partial charge in [-0.2, -0.15) is 0 Å². The van der Waals surface area contributed by atoms with Gasteiger partial charge in [0.25, 0.3) is 5.56 Å². The predicted octanol–water partition coefficient (Wildman–Crippen LogP) is 2.98. The van der Waals surface area contributed by atoms with Gasteiger partial charge in [-0.05, 0) is 32.0 Å². The van der Waals surface area contributed by atoms with Crippen LogP contribution in [-0.2, 0) is 6.54 Å². The summed E-state index contributed by atoms with van der Waals surface area (Å²) in [5.74, 6) is 0. The number of fused-ring (bicyclic) bond motifs is 1. The average molecular weight is 222 g/mol. The second kappa shape index (κ2) is 3.70. The van der Waals surface area contributed by atoms with Crippen molar-refractivity contribution in [3.63, 3.8) is 0 Å². The number of rotatable bonds is 1. The third-order valence-corrected chi connectivity index (χ3v) is 2.79. The molecule has 0 aliphatic rings. The molecule has 0 radical (unpaired) electrons. The highest BCUT2D eigenvalue weighted by atomic mass is 35.5. The Bertz CT molecular complexity index is 572. The van der Waals surface area contributed by atoms with E-state index < -0.39 is 0 Å². The van der Waals surface area contributed by atoms with Crippen LogP contribution in [-0.4, -0.2) is 4.57 Å². The molecule has 0 saturated carbocycles. The van der Waals surface area contributed by atoms with Gasteiger partial charge in [0.05, 0.1) is 5.52 Å². The van der Waals surface area contributed by atoms with Crippen LogP contribution < -0.4 is 5.56 Å². The van der Waals surface area contributed by atoms with Crippen LogP contribution >= 0.6 is 11.6 Å². The van der Waals surface area contributed by atoms with Crippen LogP contribution in [0, 0.1) is 6.92 Å². The topological polar surface area (TPSA) is 22.0 Å². The van der Waals surface area contributed by atoms with Crippen molar-refractivity contribution in [2.24, 2.45) is 0 Å². The number of halogens is 1. The minimum absolute atomic E-state index is 0.115. The van der Waals surface area contributed by atoms with Crippen molar-refractivity contribution < 1.29 is 0 Å². The lowest BCUT2D eigenvalue weighted by atomic mass is 10.1. The van der Waals surface area contributed by atoms with Gasteiger partial charge in [-0.15, -0.1) is 0 Å². The number of benzene rings is 1. The minimum Gasteiger partial charge on any atom is -0.307 e. The summed E-state index contributed by atoms with van der Waals surface area (Å²) in [5.41, 5.74) is 1.99. The molecule has 1 aromatic carbocycles. The van der Waals surface area contributed by atoms with Crippen LogP contribution in [0.5, 0.6) is 0 Å². The molecule has 78 valence electrons. The Kier molecular flexibility index (Phi) is 2.53. The highest BCUT2D eigenvalue weighted by Crippen LogP contribution is 2.17. The summed E-state index contributed by atoms with van der Waals surface area (Å²) in [4.78, 5) is 11.7. The molecule has 0 bridgehead atoms. The zero-order chi connectivity index (χ0) is 11.0. The normalized spacial score (nSPS) is 10.9. The molecular formula is C12H12ClNO. The van der Waals surface area contributed by atoms with E-state index in [0.717, 1.165) is 10.9 Å². The van der Waals surface area contributed by atoms with Crippen molar-refractivity contribution in [1.29, 1.82) is 0 Å². The van der Waals surface area contributed by atoms with E-state index in [-0.39, 0.29) is 10.6 Å². The molecule has 0 atom stereocenters. The third kappa shape index (κ3) is 1.65. The van der Waals surface area contributed by atoms with E-state index in [1.807, 2.05) is 32.0 Å². The Balaban J connectivity index is 2.94. The molecule has 1 heterocycles. The maximum atomic E-state index is 11.7. The van der Waals surface area contributed by atoms with Crippen LogP contribution in [0.15, 0.2) is 29.1 Å². The molecule has 0 amide bonds. The Morgan fingerprint density at radius 1 is 1.33 bits per heavy atom. The first-order chi connectivity index (χ1) is 7.13. The fourth-order valence-corrected chi connectivity index (χ4v) is 2.01. The van der Waals surface area contributed by atoms with Gasteiger partial charge in [-0.3, -0.25) is 4.79 Å². The average Bonchev–Trinajstić information content (AvgIpc) is 2.20. The molecule has 0 N–H and O–H groups in total. The minimum atomic E-state index is -0.115. The molecule has 0 unspecified atom stereocenters. The van der Waals surface area contributed by atoms with E-state index in [9.17, 15) is 4.79 Å². The number of aromatic nitrogens is 1. The Morgan fingerprint density at radius 3 is 2.73 bits per heavy atom. The summed E-state index contributed by atoms with van der Waals surface area (Å²) in [6, 6.07) is 7.74. The maximum absolute atomic E-state index is 11.7. The van der Waals surface area contributed by atoms with Crippen molar-refractivity contribution in [3.8, 4) is 0 Å². The van der Waals surface area contributed by atoms with Crippen LogP contribution in [0.25, 0.3) is 10.9 Å². The van der Waals surface area contributed by atoms with E-state index in [1.165, 1.54) is 5.56 Å². The third-order valence-electron chi connectivity index (χ3n) is 2.52. The number of hydrogen-bond acceptors (Lipinski definition) is 1. The SMILES string of the molecule is CCn1c(=O)c(Cl)cc2cc(C)ccc21. The van der Waals surface area contributed by atoms with Gasteiger partial charge >= 0.3 is 0 Å². The highest BCUT2D eigenvalue weighted by Gasteiger charge is 2.05. The smallest absolute Gasteiger partial charge is 0.269 e. The zero-order valence-electron chi connectivity index (χ0n) is 8.75. The van der Waals surface area contributed by atoms with Gasteiger partial charge < -0.3 is 4.57 Å². The molecule has 0 saturated heterocycles. The Morgan fingerprint density at radius 2 is 2.07 bits per heavy atom. The molecule has 2 aromatic rings. The van der Waals surface area contributed by atoms with E-state index in [4.69, 9.17) is 11.6 Å². The van der Waals surface area contributed by atoms with Crippen molar-refractivity contribution in [1.82, 2.24) is 4.57 Å². The zero-order valence-corrected chi connectivity index (χ0v) is 9.51. The van der Waals surface area contributed by atoms with Gasteiger partial charge in [0, 0.05) is 11.9 Å². The van der Waals surface area contributed by atoms with Crippen molar-refractivity contribution in [2.75, 3.05) is 0 Å². The van der Waals surface area contributed by atoms with Crippen LogP contribution in [0.4, 0.5) is 0 Å². The molecule has 0 aliphatic carbocycles. The summed E-state index contributed by atoms with van der Waals surface area (Å²) in [5, 5.41) is 1.30. The lowest BCUT2D eigenvalue weighted by Gasteiger charge is -2.08. The summed E-state index contributed by atoms with van der Waals surface area (Å²) < 4.78 is 1.69. The number of hydrogen-bond donors (Lipinski definition) is 0. The molecular weight excluding hydrogens is 210 g/mol. The predicted molar refractivity (Wildman–Crippen MR) is 63.6 cm³/mol. The highest BCUT2D eigenvalue weighted by molar-refractivity contribution is 6.31. The second-order valence-electron chi connectivity index (χ2n) is 3.60. The van der Waals surface area contributed by atoms with Crippen molar-refractivity contribution in [3.05, 3.63) is 45.2 Å². The molecule has 3 heteroatoms. The fraction of sp³-hybridized carbons (Fsp3) is 0.250. The first-order valence-corrected chi connectivity index (χ1v) is 5.31. The number of aryl methyl sites for hydroxylation is 2.